The molecule has 3 aliphatic rings. The minimum Gasteiger partial charge on any atom is -0.324 e. The van der Waals surface area contributed by atoms with Crippen molar-refractivity contribution in [3.8, 4) is 0 Å². The van der Waals surface area contributed by atoms with Gasteiger partial charge in [0.05, 0.1) is 29.8 Å². The summed E-state index contributed by atoms with van der Waals surface area (Å²) in [5.41, 5.74) is 3.17. The molecule has 0 bridgehead atoms. The Balaban J connectivity index is 1.43. The third-order valence-electron chi connectivity index (χ3n) is 7.14. The highest BCUT2D eigenvalue weighted by molar-refractivity contribution is 6.24. The molecule has 3 heterocycles. The molecule has 0 spiro atoms. The van der Waals surface area contributed by atoms with Crippen molar-refractivity contribution in [2.45, 2.75) is 19.0 Å². The highest BCUT2D eigenvalue weighted by Crippen LogP contribution is 2.52. The second-order valence-electron chi connectivity index (χ2n) is 9.16. The minimum absolute atomic E-state index is 0.109. The summed E-state index contributed by atoms with van der Waals surface area (Å²) in [6, 6.07) is 21.4. The summed E-state index contributed by atoms with van der Waals surface area (Å²) in [4.78, 5) is 54.1. The maximum Gasteiger partial charge on any atom is 0.249 e. The Morgan fingerprint density at radius 1 is 0.833 bits per heavy atom. The minimum atomic E-state index is -0.970. The number of imide groups is 1. The van der Waals surface area contributed by atoms with Gasteiger partial charge in [0.25, 0.3) is 0 Å². The zero-order valence-corrected chi connectivity index (χ0v) is 19.4. The molecule has 0 aromatic heterocycles. The quantitative estimate of drug-likeness (QED) is 0.458. The van der Waals surface area contributed by atoms with E-state index in [1.54, 1.807) is 47.6 Å². The molecule has 8 nitrogen and oxygen atoms in total. The average Bonchev–Trinajstić information content (AvgIpc) is 3.37. The van der Waals surface area contributed by atoms with E-state index in [1.807, 2.05) is 42.5 Å². The number of nitrogens with one attached hydrogen (secondary N) is 1. The average molecular weight is 479 g/mol. The van der Waals surface area contributed by atoms with Crippen LogP contribution in [0.3, 0.4) is 0 Å². The van der Waals surface area contributed by atoms with Crippen LogP contribution in [0.25, 0.3) is 0 Å². The summed E-state index contributed by atoms with van der Waals surface area (Å²) < 4.78 is 0. The number of hydrogen-bond donors (Lipinski definition) is 1. The number of nitrogens with zero attached hydrogens (tertiary/aromatic N) is 3. The second kappa shape index (κ2) is 8.27. The van der Waals surface area contributed by atoms with Gasteiger partial charge in [-0.3, -0.25) is 24.2 Å². The summed E-state index contributed by atoms with van der Waals surface area (Å²) in [5.74, 6) is -3.03. The van der Waals surface area contributed by atoms with E-state index in [0.29, 0.717) is 16.9 Å². The van der Waals surface area contributed by atoms with Crippen LogP contribution in [-0.4, -0.2) is 40.8 Å². The van der Waals surface area contributed by atoms with Crippen LogP contribution in [0.4, 0.5) is 11.4 Å². The van der Waals surface area contributed by atoms with Gasteiger partial charge in [0, 0.05) is 11.3 Å². The van der Waals surface area contributed by atoms with Crippen LogP contribution in [0.2, 0.25) is 0 Å². The number of hydrogen-bond acceptors (Lipinski definition) is 6. The maximum absolute atomic E-state index is 13.8. The molecule has 3 amide bonds. The molecule has 0 unspecified atom stereocenters. The van der Waals surface area contributed by atoms with Gasteiger partial charge in [-0.05, 0) is 54.4 Å². The smallest absolute Gasteiger partial charge is 0.249 e. The van der Waals surface area contributed by atoms with Crippen LogP contribution >= 0.6 is 0 Å². The van der Waals surface area contributed by atoms with E-state index in [1.165, 1.54) is 6.92 Å². The van der Waals surface area contributed by atoms with Crippen LogP contribution in [0.1, 0.15) is 34.5 Å². The highest BCUT2D eigenvalue weighted by atomic mass is 16.2. The number of carbonyl (C=O) groups excluding carboxylic acids is 4. The molecule has 8 heteroatoms. The Hall–Kier alpha value is -4.59. The van der Waals surface area contributed by atoms with Crippen LogP contribution in [0.15, 0.2) is 84.0 Å². The van der Waals surface area contributed by atoms with E-state index in [-0.39, 0.29) is 11.7 Å². The second-order valence-corrected chi connectivity index (χ2v) is 9.16. The molecule has 0 aliphatic carbocycles. The zero-order chi connectivity index (χ0) is 25.0. The molecule has 3 aromatic carbocycles. The van der Waals surface area contributed by atoms with Crippen molar-refractivity contribution in [2.75, 3.05) is 10.2 Å². The first-order chi connectivity index (χ1) is 17.5. The van der Waals surface area contributed by atoms with Gasteiger partial charge in [-0.2, -0.15) is 5.10 Å². The molecular formula is C28H22N4O4. The number of Topliss-reactive ketones (excluding diaryl/α,β-unsaturated/α-hetero) is 1. The van der Waals surface area contributed by atoms with Crippen molar-refractivity contribution in [3.05, 3.63) is 95.6 Å². The highest BCUT2D eigenvalue weighted by Gasteiger charge is 2.65. The number of carbonyl (C=O) groups is 4. The fourth-order valence-electron chi connectivity index (χ4n) is 5.51. The van der Waals surface area contributed by atoms with E-state index in [0.717, 1.165) is 16.0 Å². The number of para-hydroxylation sites is 1. The molecule has 4 atom stereocenters. The molecule has 3 aromatic rings. The summed E-state index contributed by atoms with van der Waals surface area (Å²) in [5, 5.41) is 9.05. The summed E-state index contributed by atoms with van der Waals surface area (Å²) in [6.45, 7) is 1.46. The van der Waals surface area contributed by atoms with Gasteiger partial charge < -0.3 is 5.32 Å². The molecule has 0 saturated carbocycles. The Morgan fingerprint density at radius 2 is 1.50 bits per heavy atom. The molecule has 1 N–H and O–H groups in total. The number of hydrazone groups is 1. The predicted octanol–water partition coefficient (Wildman–Crippen LogP) is 3.41. The SMILES string of the molecule is CC(=O)c1ccc(N2C(=O)[C@@H]3[C@@H](C2=O)[C@H]2c4ccccc4C=NN2[C@@H]3C(=O)Nc2ccccc2)cc1. The van der Waals surface area contributed by atoms with Gasteiger partial charge in [0.2, 0.25) is 17.7 Å². The van der Waals surface area contributed by atoms with Crippen LogP contribution < -0.4 is 10.2 Å². The Bertz CT molecular complexity index is 1430. The number of fused-ring (bicyclic) bond motifs is 5. The number of benzene rings is 3. The Morgan fingerprint density at radius 3 is 2.22 bits per heavy atom. The van der Waals surface area contributed by atoms with Gasteiger partial charge in [0.1, 0.15) is 6.04 Å². The van der Waals surface area contributed by atoms with E-state index < -0.39 is 35.7 Å². The van der Waals surface area contributed by atoms with Crippen molar-refractivity contribution >= 4 is 41.1 Å². The monoisotopic (exact) mass is 478 g/mol. The Kier molecular flexibility index (Phi) is 5.03. The lowest BCUT2D eigenvalue weighted by Gasteiger charge is -2.33. The summed E-state index contributed by atoms with van der Waals surface area (Å²) in [7, 11) is 0. The normalized spacial score (nSPS) is 23.8. The van der Waals surface area contributed by atoms with Crippen LogP contribution in [0, 0.1) is 11.8 Å². The number of rotatable bonds is 4. The molecule has 178 valence electrons. The molecule has 0 radical (unpaired) electrons. The maximum atomic E-state index is 13.8. The Labute approximate surface area is 207 Å². The standard InChI is InChI=1S/C28H22N4O4/c1-16(33)17-11-13-20(14-12-17)31-27(35)22-23(28(31)36)25(26(34)30-19-8-3-2-4-9-19)32-24(22)21-10-6-5-7-18(21)15-29-32/h2-15,22-25H,1H3,(H,30,34)/t22-,23-,24-,25+/m1/s1. The van der Waals surface area contributed by atoms with Crippen molar-refractivity contribution in [2.24, 2.45) is 16.9 Å². The van der Waals surface area contributed by atoms with Gasteiger partial charge in [-0.15, -0.1) is 0 Å². The largest absolute Gasteiger partial charge is 0.324 e. The lowest BCUT2D eigenvalue weighted by atomic mass is 9.85. The molecule has 2 saturated heterocycles. The number of ketones is 1. The van der Waals surface area contributed by atoms with E-state index >= 15 is 0 Å². The van der Waals surface area contributed by atoms with Gasteiger partial charge in [0.15, 0.2) is 5.78 Å². The van der Waals surface area contributed by atoms with Gasteiger partial charge >= 0.3 is 0 Å². The first-order valence-corrected chi connectivity index (χ1v) is 11.7. The number of anilines is 2. The van der Waals surface area contributed by atoms with Crippen LogP contribution in [0.5, 0.6) is 0 Å². The first-order valence-electron chi connectivity index (χ1n) is 11.7. The van der Waals surface area contributed by atoms with E-state index in [4.69, 9.17) is 0 Å². The third kappa shape index (κ3) is 3.25. The van der Waals surface area contributed by atoms with Gasteiger partial charge in [-0.1, -0.05) is 42.5 Å². The van der Waals surface area contributed by atoms with Crippen LogP contribution in [-0.2, 0) is 14.4 Å². The summed E-state index contributed by atoms with van der Waals surface area (Å²) >= 11 is 0. The van der Waals surface area contributed by atoms with Crippen molar-refractivity contribution < 1.29 is 19.2 Å². The van der Waals surface area contributed by atoms with Crippen molar-refractivity contribution in [1.29, 1.82) is 0 Å². The fraction of sp³-hybridized carbons (Fsp3) is 0.179. The van der Waals surface area contributed by atoms with Gasteiger partial charge in [-0.25, -0.2) is 4.90 Å². The molecule has 6 rings (SSSR count). The molecule has 3 aliphatic heterocycles. The molecule has 2 fully saturated rings. The molecule has 36 heavy (non-hydrogen) atoms. The van der Waals surface area contributed by atoms with E-state index in [2.05, 4.69) is 10.4 Å². The topological polar surface area (TPSA) is 99.2 Å². The van der Waals surface area contributed by atoms with Crippen molar-refractivity contribution in [3.63, 3.8) is 0 Å². The molecular weight excluding hydrogens is 456 g/mol. The lowest BCUT2D eigenvalue weighted by molar-refractivity contribution is -0.129. The predicted molar refractivity (Wildman–Crippen MR) is 133 cm³/mol. The fourth-order valence-corrected chi connectivity index (χ4v) is 5.51. The lowest BCUT2D eigenvalue weighted by Crippen LogP contribution is -2.46. The summed E-state index contributed by atoms with van der Waals surface area (Å²) in [6.07, 6.45) is 1.67. The number of amides is 3. The third-order valence-corrected chi connectivity index (χ3v) is 7.14. The first kappa shape index (κ1) is 21.9. The van der Waals surface area contributed by atoms with Crippen molar-refractivity contribution in [1.82, 2.24) is 5.01 Å². The van der Waals surface area contributed by atoms with E-state index in [9.17, 15) is 19.2 Å². The zero-order valence-electron chi connectivity index (χ0n) is 19.4.